The van der Waals surface area contributed by atoms with E-state index in [0.717, 1.165) is 5.56 Å². The SMILES string of the molecule is NC(=O)c1ccccc1NC(=O)CNCc1cccnc1. The topological polar surface area (TPSA) is 97.1 Å². The molecule has 108 valence electrons. The van der Waals surface area contributed by atoms with E-state index in [4.69, 9.17) is 5.73 Å². The van der Waals surface area contributed by atoms with Crippen LogP contribution in [0.4, 0.5) is 5.69 Å². The number of aromatic nitrogens is 1. The number of benzene rings is 1. The summed E-state index contributed by atoms with van der Waals surface area (Å²) >= 11 is 0. The van der Waals surface area contributed by atoms with E-state index in [0.29, 0.717) is 12.2 Å². The van der Waals surface area contributed by atoms with Gasteiger partial charge in [-0.05, 0) is 23.8 Å². The summed E-state index contributed by atoms with van der Waals surface area (Å²) in [5.41, 5.74) is 6.95. The number of pyridine rings is 1. The molecule has 1 heterocycles. The normalized spacial score (nSPS) is 10.1. The molecule has 21 heavy (non-hydrogen) atoms. The zero-order valence-corrected chi connectivity index (χ0v) is 11.4. The van der Waals surface area contributed by atoms with Crippen LogP contribution >= 0.6 is 0 Å². The first kappa shape index (κ1) is 14.7. The van der Waals surface area contributed by atoms with Crippen molar-refractivity contribution in [3.63, 3.8) is 0 Å². The lowest BCUT2D eigenvalue weighted by Gasteiger charge is -2.09. The fraction of sp³-hybridized carbons (Fsp3) is 0.133. The molecule has 1 aromatic heterocycles. The minimum Gasteiger partial charge on any atom is -0.366 e. The molecule has 0 aliphatic carbocycles. The molecular formula is C15H16N4O2. The number of hydrogen-bond donors (Lipinski definition) is 3. The van der Waals surface area contributed by atoms with Gasteiger partial charge < -0.3 is 16.4 Å². The highest BCUT2D eigenvalue weighted by Gasteiger charge is 2.09. The molecule has 0 bridgehead atoms. The van der Waals surface area contributed by atoms with E-state index < -0.39 is 5.91 Å². The molecule has 0 aliphatic rings. The molecule has 4 N–H and O–H groups in total. The average molecular weight is 284 g/mol. The van der Waals surface area contributed by atoms with Gasteiger partial charge in [-0.2, -0.15) is 0 Å². The zero-order valence-electron chi connectivity index (χ0n) is 11.4. The van der Waals surface area contributed by atoms with Gasteiger partial charge in [0.05, 0.1) is 17.8 Å². The van der Waals surface area contributed by atoms with E-state index in [9.17, 15) is 9.59 Å². The Labute approximate surface area is 122 Å². The van der Waals surface area contributed by atoms with Gasteiger partial charge in [0.1, 0.15) is 0 Å². The maximum atomic E-state index is 11.8. The van der Waals surface area contributed by atoms with Crippen molar-refractivity contribution in [1.29, 1.82) is 0 Å². The Kier molecular flexibility index (Phi) is 5.00. The van der Waals surface area contributed by atoms with E-state index in [1.54, 1.807) is 36.7 Å². The number of anilines is 1. The molecule has 6 heteroatoms. The molecule has 0 saturated carbocycles. The van der Waals surface area contributed by atoms with E-state index >= 15 is 0 Å². The number of nitrogens with zero attached hydrogens (tertiary/aromatic N) is 1. The van der Waals surface area contributed by atoms with Crippen molar-refractivity contribution in [3.05, 3.63) is 59.9 Å². The third-order valence-corrected chi connectivity index (χ3v) is 2.80. The predicted molar refractivity (Wildman–Crippen MR) is 79.5 cm³/mol. The first-order valence-corrected chi connectivity index (χ1v) is 6.45. The van der Waals surface area contributed by atoms with Crippen LogP contribution in [0.5, 0.6) is 0 Å². The molecular weight excluding hydrogens is 268 g/mol. The summed E-state index contributed by atoms with van der Waals surface area (Å²) in [4.78, 5) is 27.1. The second kappa shape index (κ2) is 7.16. The quantitative estimate of drug-likeness (QED) is 0.734. The van der Waals surface area contributed by atoms with Crippen molar-refractivity contribution in [2.75, 3.05) is 11.9 Å². The highest BCUT2D eigenvalue weighted by Crippen LogP contribution is 2.13. The number of nitrogens with two attached hydrogens (primary N) is 1. The minimum atomic E-state index is -0.575. The Balaban J connectivity index is 1.86. The Morgan fingerprint density at radius 1 is 1.14 bits per heavy atom. The van der Waals surface area contributed by atoms with E-state index in [1.807, 2.05) is 12.1 Å². The Hall–Kier alpha value is -2.73. The van der Waals surface area contributed by atoms with Gasteiger partial charge in [0.15, 0.2) is 0 Å². The molecule has 2 amide bonds. The van der Waals surface area contributed by atoms with Crippen molar-refractivity contribution < 1.29 is 9.59 Å². The van der Waals surface area contributed by atoms with Crippen LogP contribution in [-0.4, -0.2) is 23.3 Å². The summed E-state index contributed by atoms with van der Waals surface area (Å²) < 4.78 is 0. The highest BCUT2D eigenvalue weighted by molar-refractivity contribution is 6.03. The van der Waals surface area contributed by atoms with Crippen LogP contribution in [0, 0.1) is 0 Å². The van der Waals surface area contributed by atoms with Crippen LogP contribution in [0.3, 0.4) is 0 Å². The maximum Gasteiger partial charge on any atom is 0.250 e. The molecule has 0 aliphatic heterocycles. The fourth-order valence-electron chi connectivity index (χ4n) is 1.82. The van der Waals surface area contributed by atoms with Gasteiger partial charge in [-0.1, -0.05) is 18.2 Å². The second-order valence-corrected chi connectivity index (χ2v) is 4.42. The van der Waals surface area contributed by atoms with Crippen LogP contribution in [-0.2, 0) is 11.3 Å². The van der Waals surface area contributed by atoms with Crippen LogP contribution in [0.25, 0.3) is 0 Å². The number of hydrogen-bond acceptors (Lipinski definition) is 4. The minimum absolute atomic E-state index is 0.127. The molecule has 0 radical (unpaired) electrons. The van der Waals surface area contributed by atoms with Gasteiger partial charge in [-0.25, -0.2) is 0 Å². The maximum absolute atomic E-state index is 11.8. The molecule has 0 spiro atoms. The van der Waals surface area contributed by atoms with Gasteiger partial charge >= 0.3 is 0 Å². The number of amides is 2. The number of nitrogens with one attached hydrogen (secondary N) is 2. The molecule has 0 unspecified atom stereocenters. The number of rotatable bonds is 6. The summed E-state index contributed by atoms with van der Waals surface area (Å²) in [5.74, 6) is -0.818. The lowest BCUT2D eigenvalue weighted by Crippen LogP contribution is -2.28. The highest BCUT2D eigenvalue weighted by atomic mass is 16.2. The van der Waals surface area contributed by atoms with Crippen molar-refractivity contribution in [3.8, 4) is 0 Å². The van der Waals surface area contributed by atoms with Crippen molar-refractivity contribution >= 4 is 17.5 Å². The Morgan fingerprint density at radius 2 is 1.95 bits per heavy atom. The third kappa shape index (κ3) is 4.39. The zero-order chi connectivity index (χ0) is 15.1. The van der Waals surface area contributed by atoms with Gasteiger partial charge in [0.25, 0.3) is 5.91 Å². The van der Waals surface area contributed by atoms with Crippen LogP contribution in [0.1, 0.15) is 15.9 Å². The molecule has 0 saturated heterocycles. The number of carbonyl (C=O) groups is 2. The lowest BCUT2D eigenvalue weighted by molar-refractivity contribution is -0.115. The van der Waals surface area contributed by atoms with Gasteiger partial charge in [0.2, 0.25) is 5.91 Å². The molecule has 0 atom stereocenters. The third-order valence-electron chi connectivity index (χ3n) is 2.80. The molecule has 1 aromatic carbocycles. The predicted octanol–water partition coefficient (Wildman–Crippen LogP) is 0.909. The average Bonchev–Trinajstić information content (AvgIpc) is 2.48. The standard InChI is InChI=1S/C15H16N4O2/c16-15(21)12-5-1-2-6-13(12)19-14(20)10-18-9-11-4-3-7-17-8-11/h1-8,18H,9-10H2,(H2,16,21)(H,19,20). The number of primary amides is 1. The fourth-order valence-corrected chi connectivity index (χ4v) is 1.82. The molecule has 6 nitrogen and oxygen atoms in total. The van der Waals surface area contributed by atoms with Gasteiger partial charge in [-0.3, -0.25) is 14.6 Å². The van der Waals surface area contributed by atoms with Crippen molar-refractivity contribution in [1.82, 2.24) is 10.3 Å². The smallest absolute Gasteiger partial charge is 0.250 e. The summed E-state index contributed by atoms with van der Waals surface area (Å²) in [6, 6.07) is 10.4. The Bertz CT molecular complexity index is 629. The number of carbonyl (C=O) groups excluding carboxylic acids is 2. The molecule has 2 aromatic rings. The summed E-state index contributed by atoms with van der Waals surface area (Å²) in [6.45, 7) is 0.667. The summed E-state index contributed by atoms with van der Waals surface area (Å²) in [7, 11) is 0. The number of para-hydroxylation sites is 1. The van der Waals surface area contributed by atoms with Crippen molar-refractivity contribution in [2.45, 2.75) is 6.54 Å². The van der Waals surface area contributed by atoms with E-state index in [2.05, 4.69) is 15.6 Å². The van der Waals surface area contributed by atoms with Crippen LogP contribution < -0.4 is 16.4 Å². The van der Waals surface area contributed by atoms with Crippen LogP contribution in [0.15, 0.2) is 48.8 Å². The summed E-state index contributed by atoms with van der Waals surface area (Å²) in [5, 5.41) is 5.66. The van der Waals surface area contributed by atoms with E-state index in [1.165, 1.54) is 0 Å². The second-order valence-electron chi connectivity index (χ2n) is 4.42. The molecule has 2 rings (SSSR count). The van der Waals surface area contributed by atoms with Crippen molar-refractivity contribution in [2.24, 2.45) is 5.73 Å². The molecule has 0 fully saturated rings. The summed E-state index contributed by atoms with van der Waals surface area (Å²) in [6.07, 6.45) is 3.42. The Morgan fingerprint density at radius 3 is 2.67 bits per heavy atom. The lowest BCUT2D eigenvalue weighted by atomic mass is 10.1. The largest absolute Gasteiger partial charge is 0.366 e. The first-order valence-electron chi connectivity index (χ1n) is 6.45. The monoisotopic (exact) mass is 284 g/mol. The van der Waals surface area contributed by atoms with Gasteiger partial charge in [-0.15, -0.1) is 0 Å². The van der Waals surface area contributed by atoms with Crippen LogP contribution in [0.2, 0.25) is 0 Å². The first-order chi connectivity index (χ1) is 10.2. The van der Waals surface area contributed by atoms with E-state index in [-0.39, 0.29) is 18.0 Å². The van der Waals surface area contributed by atoms with Gasteiger partial charge in [0, 0.05) is 18.9 Å².